The fraction of sp³-hybridized carbons (Fsp3) is 0. The zero-order valence-corrected chi connectivity index (χ0v) is 13.2. The fourth-order valence-electron chi connectivity index (χ4n) is 1.89. The summed E-state index contributed by atoms with van der Waals surface area (Å²) in [5.74, 6) is -0.203. The largest absolute Gasteiger partial charge is 0.479 e. The Hall–Kier alpha value is -2.69. The van der Waals surface area contributed by atoms with Crippen LogP contribution in [0.25, 0.3) is 11.0 Å². The number of para-hydroxylation sites is 1. The summed E-state index contributed by atoms with van der Waals surface area (Å²) in [5, 5.41) is 17.5. The third-order valence-corrected chi connectivity index (χ3v) is 2.96. The molecule has 0 bridgehead atoms. The predicted molar refractivity (Wildman–Crippen MR) is 84.1 cm³/mol. The van der Waals surface area contributed by atoms with E-state index in [1.165, 1.54) is 4.85 Å². The number of rotatable bonds is 2. The van der Waals surface area contributed by atoms with Crippen molar-refractivity contribution in [3.05, 3.63) is 90.4 Å². The quantitative estimate of drug-likeness (QED) is 0.439. The third-order valence-electron chi connectivity index (χ3n) is 2.96. The second-order valence-electron chi connectivity index (χ2n) is 4.48. The molecule has 0 unspecified atom stereocenters. The molecule has 0 amide bonds. The molecule has 118 valence electrons. The number of aliphatic hydroxyl groups excluding tert-OH is 1. The van der Waals surface area contributed by atoms with Gasteiger partial charge in [-0.1, -0.05) is 29.1 Å². The Morgan fingerprint density at radius 2 is 1.74 bits per heavy atom. The van der Waals surface area contributed by atoms with E-state index in [-0.39, 0.29) is 23.0 Å². The molecule has 1 aliphatic carbocycles. The minimum Gasteiger partial charge on any atom is -0.479 e. The number of benzene rings is 1. The van der Waals surface area contributed by atoms with Crippen LogP contribution in [-0.4, -0.2) is 20.3 Å². The molecule has 2 aromatic carbocycles. The van der Waals surface area contributed by atoms with Crippen molar-refractivity contribution in [3.63, 3.8) is 0 Å². The summed E-state index contributed by atoms with van der Waals surface area (Å²) in [5.41, 5.74) is 2.01. The van der Waals surface area contributed by atoms with E-state index in [1.807, 2.05) is 66.7 Å². The number of fused-ring (bicyclic) bond motifs is 1. The first kappa shape index (κ1) is 16.7. The maximum atomic E-state index is 9.75. The van der Waals surface area contributed by atoms with Gasteiger partial charge in [0.15, 0.2) is 0 Å². The average Bonchev–Trinajstić information content (AvgIpc) is 3.31. The molecule has 0 saturated heterocycles. The van der Waals surface area contributed by atoms with E-state index >= 15 is 0 Å². The van der Waals surface area contributed by atoms with Crippen LogP contribution >= 0.6 is 0 Å². The standard InChI is InChI=1S/C12H9N3O2.C5H5.Fe/c16-12(9-5-1-2-6-9)17-15-11-8-4-3-7-10(11)13-14-15;1-2-4-5-3-1;/h1-8,16H;1-5H;/q;-1;. The van der Waals surface area contributed by atoms with Crippen molar-refractivity contribution in [1.29, 1.82) is 0 Å². The molecule has 0 saturated carbocycles. The topological polar surface area (TPSA) is 60.2 Å². The van der Waals surface area contributed by atoms with Gasteiger partial charge in [-0.05, 0) is 29.5 Å². The van der Waals surface area contributed by atoms with Crippen molar-refractivity contribution in [3.8, 4) is 0 Å². The molecule has 0 aliphatic heterocycles. The molecule has 1 aliphatic rings. The number of aromatic nitrogens is 3. The van der Waals surface area contributed by atoms with Gasteiger partial charge in [0, 0.05) is 17.1 Å². The molecular weight excluding hydrogens is 334 g/mol. The van der Waals surface area contributed by atoms with Crippen molar-refractivity contribution < 1.29 is 27.0 Å². The van der Waals surface area contributed by atoms with E-state index in [9.17, 15) is 5.11 Å². The van der Waals surface area contributed by atoms with Crippen LogP contribution in [0.15, 0.2) is 90.4 Å². The zero-order chi connectivity index (χ0) is 15.2. The number of hydrogen-bond donors (Lipinski definition) is 1. The van der Waals surface area contributed by atoms with Gasteiger partial charge < -0.3 is 9.94 Å². The summed E-state index contributed by atoms with van der Waals surface area (Å²) in [6.07, 6.45) is 7.12. The summed E-state index contributed by atoms with van der Waals surface area (Å²) in [4.78, 5) is 6.42. The summed E-state index contributed by atoms with van der Waals surface area (Å²) in [6, 6.07) is 17.3. The van der Waals surface area contributed by atoms with E-state index in [1.54, 1.807) is 12.2 Å². The molecule has 5 nitrogen and oxygen atoms in total. The van der Waals surface area contributed by atoms with Gasteiger partial charge in [-0.25, -0.2) is 12.1 Å². The van der Waals surface area contributed by atoms with Gasteiger partial charge in [0.2, 0.25) is 0 Å². The van der Waals surface area contributed by atoms with Gasteiger partial charge in [-0.3, -0.25) is 0 Å². The molecule has 3 aromatic rings. The van der Waals surface area contributed by atoms with Crippen LogP contribution in [0.3, 0.4) is 0 Å². The zero-order valence-electron chi connectivity index (χ0n) is 12.1. The fourth-order valence-corrected chi connectivity index (χ4v) is 1.89. The van der Waals surface area contributed by atoms with E-state index in [0.29, 0.717) is 16.6 Å². The Morgan fingerprint density at radius 3 is 2.39 bits per heavy atom. The van der Waals surface area contributed by atoms with Crippen LogP contribution in [0.1, 0.15) is 0 Å². The second-order valence-corrected chi connectivity index (χ2v) is 4.48. The van der Waals surface area contributed by atoms with Crippen molar-refractivity contribution in [1.82, 2.24) is 15.2 Å². The van der Waals surface area contributed by atoms with Gasteiger partial charge in [-0.15, -0.1) is 5.10 Å². The monoisotopic (exact) mass is 348 g/mol. The minimum absolute atomic E-state index is 0. The molecule has 0 atom stereocenters. The SMILES string of the molecule is OC(On1nnc2ccccc21)=C1C=CC=C1.[Fe].c1cc[cH-]c1. The maximum Gasteiger partial charge on any atom is 0.314 e. The normalized spacial score (nSPS) is 11.7. The summed E-state index contributed by atoms with van der Waals surface area (Å²) < 4.78 is 0. The molecule has 0 fully saturated rings. The molecule has 1 aromatic heterocycles. The van der Waals surface area contributed by atoms with Crippen LogP contribution in [0, 0.1) is 0 Å². The summed E-state index contributed by atoms with van der Waals surface area (Å²) in [6.45, 7) is 0. The summed E-state index contributed by atoms with van der Waals surface area (Å²) in [7, 11) is 0. The molecule has 23 heavy (non-hydrogen) atoms. The van der Waals surface area contributed by atoms with Gasteiger partial charge in [-0.2, -0.15) is 18.2 Å². The first-order valence-corrected chi connectivity index (χ1v) is 6.78. The van der Waals surface area contributed by atoms with E-state index < -0.39 is 0 Å². The first-order chi connectivity index (χ1) is 10.8. The molecule has 1 heterocycles. The van der Waals surface area contributed by atoms with Crippen LogP contribution in [0.4, 0.5) is 0 Å². The Balaban J connectivity index is 0.000000276. The second kappa shape index (κ2) is 8.08. The number of nitrogens with zero attached hydrogens (tertiary/aromatic N) is 3. The van der Waals surface area contributed by atoms with E-state index in [0.717, 1.165) is 0 Å². The number of aliphatic hydroxyl groups is 1. The molecule has 1 N–H and O–H groups in total. The molecule has 0 spiro atoms. The minimum atomic E-state index is -0.203. The van der Waals surface area contributed by atoms with Crippen LogP contribution in [0.5, 0.6) is 0 Å². The van der Waals surface area contributed by atoms with Crippen molar-refractivity contribution in [2.75, 3.05) is 0 Å². The van der Waals surface area contributed by atoms with E-state index in [4.69, 9.17) is 4.84 Å². The Morgan fingerprint density at radius 1 is 1.04 bits per heavy atom. The van der Waals surface area contributed by atoms with Gasteiger partial charge in [0.1, 0.15) is 11.0 Å². The maximum absolute atomic E-state index is 9.75. The van der Waals surface area contributed by atoms with Gasteiger partial charge in [0.25, 0.3) is 0 Å². The van der Waals surface area contributed by atoms with Gasteiger partial charge >= 0.3 is 5.95 Å². The third kappa shape index (κ3) is 4.16. The predicted octanol–water partition coefficient (Wildman–Crippen LogP) is 3.16. The Labute approximate surface area is 144 Å². The van der Waals surface area contributed by atoms with E-state index in [2.05, 4.69) is 10.3 Å². The summed E-state index contributed by atoms with van der Waals surface area (Å²) >= 11 is 0. The van der Waals surface area contributed by atoms with Gasteiger partial charge in [0.05, 0.1) is 5.57 Å². The number of allylic oxidation sites excluding steroid dienone is 5. The van der Waals surface area contributed by atoms with Crippen molar-refractivity contribution in [2.45, 2.75) is 0 Å². The van der Waals surface area contributed by atoms with Crippen molar-refractivity contribution in [2.24, 2.45) is 0 Å². The van der Waals surface area contributed by atoms with Crippen LogP contribution in [-0.2, 0) is 17.1 Å². The molecular formula is C17H14FeN3O2-. The average molecular weight is 348 g/mol. The smallest absolute Gasteiger partial charge is 0.314 e. The van der Waals surface area contributed by atoms with Crippen LogP contribution in [0.2, 0.25) is 0 Å². The Kier molecular flexibility index (Phi) is 5.86. The number of hydrogen-bond acceptors (Lipinski definition) is 4. The van der Waals surface area contributed by atoms with Crippen LogP contribution < -0.4 is 4.84 Å². The Bertz CT molecular complexity index is 801. The molecule has 0 radical (unpaired) electrons. The first-order valence-electron chi connectivity index (χ1n) is 6.78. The van der Waals surface area contributed by atoms with Crippen molar-refractivity contribution >= 4 is 11.0 Å². The molecule has 6 heteroatoms. The molecule has 4 rings (SSSR count).